The fourth-order valence-corrected chi connectivity index (χ4v) is 3.74. The number of rotatable bonds is 7. The van der Waals surface area contributed by atoms with Crippen LogP contribution in [0.25, 0.3) is 0 Å². The van der Waals surface area contributed by atoms with Crippen molar-refractivity contribution in [3.8, 4) is 11.5 Å². The van der Waals surface area contributed by atoms with Gasteiger partial charge in [-0.05, 0) is 34.3 Å². The zero-order valence-electron chi connectivity index (χ0n) is 13.5. The molecule has 1 saturated carbocycles. The van der Waals surface area contributed by atoms with Crippen LogP contribution < -0.4 is 9.47 Å². The number of ketones is 1. The largest absolute Gasteiger partial charge is 0.496 e. The highest BCUT2D eigenvalue weighted by molar-refractivity contribution is 9.10. The van der Waals surface area contributed by atoms with Gasteiger partial charge in [-0.2, -0.15) is 0 Å². The molecule has 1 aliphatic carbocycles. The summed E-state index contributed by atoms with van der Waals surface area (Å²) in [5.41, 5.74) is 0.638. The van der Waals surface area contributed by atoms with Crippen LogP contribution in [-0.4, -0.2) is 20.0 Å². The van der Waals surface area contributed by atoms with Gasteiger partial charge in [0.1, 0.15) is 11.5 Å². The molecule has 0 spiro atoms. The lowest BCUT2D eigenvalue weighted by atomic mass is 9.85. The van der Waals surface area contributed by atoms with E-state index < -0.39 is 0 Å². The van der Waals surface area contributed by atoms with Crippen LogP contribution in [0.15, 0.2) is 16.6 Å². The first-order chi connectivity index (χ1) is 10.7. The third-order valence-corrected chi connectivity index (χ3v) is 5.13. The number of carbonyl (C=O) groups excluding carboxylic acids is 1. The predicted octanol–water partition coefficient (Wildman–Crippen LogP) is 5.40. The lowest BCUT2D eigenvalue weighted by Gasteiger charge is -2.21. The van der Waals surface area contributed by atoms with Crippen molar-refractivity contribution < 1.29 is 14.3 Å². The third-order valence-electron chi connectivity index (χ3n) is 4.52. The number of ether oxygens (including phenoxy) is 2. The molecule has 0 N–H and O–H groups in total. The minimum Gasteiger partial charge on any atom is -0.496 e. The summed E-state index contributed by atoms with van der Waals surface area (Å²) in [4.78, 5) is 12.5. The minimum atomic E-state index is 0.149. The summed E-state index contributed by atoms with van der Waals surface area (Å²) < 4.78 is 11.4. The molecule has 2 rings (SSSR count). The van der Waals surface area contributed by atoms with E-state index in [1.54, 1.807) is 26.4 Å². The summed E-state index contributed by atoms with van der Waals surface area (Å²) in [5.74, 6) is 2.24. The average Bonchev–Trinajstić information content (AvgIpc) is 2.55. The molecule has 4 heteroatoms. The number of methoxy groups -OCH3 is 2. The Kier molecular flexibility index (Phi) is 6.74. The molecule has 0 heterocycles. The minimum absolute atomic E-state index is 0.149. The van der Waals surface area contributed by atoms with Crippen molar-refractivity contribution in [2.24, 2.45) is 5.92 Å². The Morgan fingerprint density at radius 2 is 1.82 bits per heavy atom. The number of hydrogen-bond donors (Lipinski definition) is 0. The van der Waals surface area contributed by atoms with Crippen LogP contribution in [0.5, 0.6) is 11.5 Å². The lowest BCUT2D eigenvalue weighted by molar-refractivity contribution is 0.0973. The number of hydrogen-bond acceptors (Lipinski definition) is 3. The SMILES string of the molecule is COc1cc(OC)c(C(=O)CCCC2CCCCC2)cc1Br. The van der Waals surface area contributed by atoms with Crippen molar-refractivity contribution in [3.63, 3.8) is 0 Å². The number of Topliss-reactive ketones (excluding diaryl/α,β-unsaturated/α-hetero) is 1. The molecule has 3 nitrogen and oxygen atoms in total. The zero-order valence-corrected chi connectivity index (χ0v) is 15.1. The molecule has 1 aliphatic rings. The van der Waals surface area contributed by atoms with E-state index >= 15 is 0 Å². The van der Waals surface area contributed by atoms with E-state index in [0.717, 1.165) is 16.8 Å². The zero-order chi connectivity index (χ0) is 15.9. The van der Waals surface area contributed by atoms with E-state index in [9.17, 15) is 4.79 Å². The van der Waals surface area contributed by atoms with Gasteiger partial charge in [0.2, 0.25) is 0 Å². The van der Waals surface area contributed by atoms with E-state index in [4.69, 9.17) is 9.47 Å². The molecule has 0 unspecified atom stereocenters. The summed E-state index contributed by atoms with van der Waals surface area (Å²) in [7, 11) is 3.19. The Labute approximate surface area is 141 Å². The number of carbonyl (C=O) groups is 1. The van der Waals surface area contributed by atoms with Crippen molar-refractivity contribution in [2.45, 2.75) is 51.4 Å². The maximum absolute atomic E-state index is 12.5. The Balaban J connectivity index is 1.95. The first kappa shape index (κ1) is 17.3. The van der Waals surface area contributed by atoms with Crippen molar-refractivity contribution in [1.82, 2.24) is 0 Å². The van der Waals surface area contributed by atoms with Crippen molar-refractivity contribution in [3.05, 3.63) is 22.2 Å². The van der Waals surface area contributed by atoms with E-state index in [1.165, 1.54) is 38.5 Å². The van der Waals surface area contributed by atoms with Crippen LogP contribution in [0.3, 0.4) is 0 Å². The molecule has 1 aromatic carbocycles. The summed E-state index contributed by atoms with van der Waals surface area (Å²) in [6.07, 6.45) is 9.51. The standard InChI is InChI=1S/C18H25BrO3/c1-21-17-12-18(22-2)15(19)11-14(17)16(20)10-6-9-13-7-4-3-5-8-13/h11-13H,3-10H2,1-2H3. The smallest absolute Gasteiger partial charge is 0.166 e. The third kappa shape index (κ3) is 4.48. The lowest BCUT2D eigenvalue weighted by Crippen LogP contribution is -2.08. The van der Waals surface area contributed by atoms with Crippen molar-refractivity contribution in [1.29, 1.82) is 0 Å². The second-order valence-electron chi connectivity index (χ2n) is 6.01. The first-order valence-electron chi connectivity index (χ1n) is 8.10. The Bertz CT molecular complexity index is 507. The molecule has 0 aromatic heterocycles. The monoisotopic (exact) mass is 368 g/mol. The van der Waals surface area contributed by atoms with Gasteiger partial charge in [-0.1, -0.05) is 38.5 Å². The van der Waals surface area contributed by atoms with Gasteiger partial charge in [-0.3, -0.25) is 4.79 Å². The molecule has 0 atom stereocenters. The van der Waals surface area contributed by atoms with Gasteiger partial charge < -0.3 is 9.47 Å². The highest BCUT2D eigenvalue weighted by Gasteiger charge is 2.18. The molecule has 0 amide bonds. The van der Waals surface area contributed by atoms with Crippen LogP contribution in [0.1, 0.15) is 61.7 Å². The second kappa shape index (κ2) is 8.56. The normalized spacial score (nSPS) is 15.6. The van der Waals surface area contributed by atoms with E-state index in [2.05, 4.69) is 15.9 Å². The number of benzene rings is 1. The predicted molar refractivity (Wildman–Crippen MR) is 92.0 cm³/mol. The van der Waals surface area contributed by atoms with Crippen LogP contribution in [0.2, 0.25) is 0 Å². The van der Waals surface area contributed by atoms with Crippen LogP contribution in [0, 0.1) is 5.92 Å². The van der Waals surface area contributed by atoms with Gasteiger partial charge in [0.25, 0.3) is 0 Å². The maximum Gasteiger partial charge on any atom is 0.166 e. The molecule has 0 aliphatic heterocycles. The van der Waals surface area contributed by atoms with Crippen LogP contribution >= 0.6 is 15.9 Å². The molecular formula is C18H25BrO3. The molecule has 0 radical (unpaired) electrons. The van der Waals surface area contributed by atoms with Gasteiger partial charge in [-0.25, -0.2) is 0 Å². The van der Waals surface area contributed by atoms with Crippen molar-refractivity contribution in [2.75, 3.05) is 14.2 Å². The van der Waals surface area contributed by atoms with Gasteiger partial charge in [0.05, 0.1) is 24.3 Å². The first-order valence-corrected chi connectivity index (χ1v) is 8.89. The van der Waals surface area contributed by atoms with E-state index in [-0.39, 0.29) is 5.78 Å². The van der Waals surface area contributed by atoms with Gasteiger partial charge in [0, 0.05) is 12.5 Å². The Morgan fingerprint density at radius 3 is 2.45 bits per heavy atom. The topological polar surface area (TPSA) is 35.5 Å². The fraction of sp³-hybridized carbons (Fsp3) is 0.611. The molecule has 1 fully saturated rings. The van der Waals surface area contributed by atoms with Gasteiger partial charge in [0.15, 0.2) is 5.78 Å². The van der Waals surface area contributed by atoms with Crippen LogP contribution in [0.4, 0.5) is 0 Å². The summed E-state index contributed by atoms with van der Waals surface area (Å²) in [6.45, 7) is 0. The average molecular weight is 369 g/mol. The summed E-state index contributed by atoms with van der Waals surface area (Å²) >= 11 is 3.44. The molecular weight excluding hydrogens is 344 g/mol. The molecule has 0 bridgehead atoms. The molecule has 1 aromatic rings. The number of halogens is 1. The molecule has 22 heavy (non-hydrogen) atoms. The fourth-order valence-electron chi connectivity index (χ4n) is 3.24. The maximum atomic E-state index is 12.5. The van der Waals surface area contributed by atoms with Crippen molar-refractivity contribution >= 4 is 21.7 Å². The van der Waals surface area contributed by atoms with Gasteiger partial charge >= 0.3 is 0 Å². The summed E-state index contributed by atoms with van der Waals surface area (Å²) in [6, 6.07) is 3.57. The van der Waals surface area contributed by atoms with Crippen LogP contribution in [-0.2, 0) is 0 Å². The van der Waals surface area contributed by atoms with E-state index in [1.807, 2.05) is 0 Å². The van der Waals surface area contributed by atoms with E-state index in [0.29, 0.717) is 23.5 Å². The molecule has 0 saturated heterocycles. The summed E-state index contributed by atoms with van der Waals surface area (Å²) in [5, 5.41) is 0. The van der Waals surface area contributed by atoms with Gasteiger partial charge in [-0.15, -0.1) is 0 Å². The highest BCUT2D eigenvalue weighted by Crippen LogP contribution is 2.34. The Hall–Kier alpha value is -1.03. The second-order valence-corrected chi connectivity index (χ2v) is 6.86. The molecule has 122 valence electrons. The quantitative estimate of drug-likeness (QED) is 0.604. The highest BCUT2D eigenvalue weighted by atomic mass is 79.9. The Morgan fingerprint density at radius 1 is 1.14 bits per heavy atom.